The van der Waals surface area contributed by atoms with Crippen LogP contribution in [0.5, 0.6) is 11.5 Å². The minimum absolute atomic E-state index is 0.118. The van der Waals surface area contributed by atoms with E-state index >= 15 is 0 Å². The van der Waals surface area contributed by atoms with Gasteiger partial charge in [-0.05, 0) is 40.6 Å². The summed E-state index contributed by atoms with van der Waals surface area (Å²) in [5.74, 6) is 1.13. The van der Waals surface area contributed by atoms with Crippen LogP contribution in [-0.2, 0) is 4.79 Å². The molecule has 0 radical (unpaired) electrons. The maximum Gasteiger partial charge on any atom is 0.259 e. The third kappa shape index (κ3) is 5.09. The predicted octanol–water partition coefficient (Wildman–Crippen LogP) is 4.41. The number of benzene rings is 3. The van der Waals surface area contributed by atoms with Crippen LogP contribution in [-0.4, -0.2) is 25.4 Å². The largest absolute Gasteiger partial charge is 0.493 e. The summed E-state index contributed by atoms with van der Waals surface area (Å²) in [7, 11) is 1.54. The van der Waals surface area contributed by atoms with E-state index in [-0.39, 0.29) is 5.57 Å². The SMILES string of the molecule is COc1cc(/C=C(\C#N)C(N)=O)ccc1OCCSc1cccc2ccccc12. The molecular weight excluding hydrogens is 384 g/mol. The number of hydrogen-bond donors (Lipinski definition) is 1. The number of nitriles is 1. The Bertz CT molecular complexity index is 1100. The van der Waals surface area contributed by atoms with Gasteiger partial charge >= 0.3 is 0 Å². The highest BCUT2D eigenvalue weighted by Crippen LogP contribution is 2.30. The number of methoxy groups -OCH3 is 1. The normalized spacial score (nSPS) is 11.1. The third-order valence-corrected chi connectivity index (χ3v) is 5.27. The molecule has 0 heterocycles. The van der Waals surface area contributed by atoms with E-state index in [1.54, 1.807) is 43.1 Å². The molecule has 0 aliphatic rings. The van der Waals surface area contributed by atoms with E-state index in [0.717, 1.165) is 5.75 Å². The van der Waals surface area contributed by atoms with Crippen molar-refractivity contribution in [3.05, 3.63) is 71.8 Å². The molecule has 1 amide bonds. The molecule has 3 aromatic carbocycles. The Kier molecular flexibility index (Phi) is 6.77. The number of thioether (sulfide) groups is 1. The van der Waals surface area contributed by atoms with Crippen molar-refractivity contribution >= 4 is 34.5 Å². The smallest absolute Gasteiger partial charge is 0.259 e. The summed E-state index contributed by atoms with van der Waals surface area (Å²) in [5, 5.41) is 11.4. The van der Waals surface area contributed by atoms with E-state index in [4.69, 9.17) is 20.5 Å². The van der Waals surface area contributed by atoms with E-state index in [9.17, 15) is 4.79 Å². The average molecular weight is 404 g/mol. The number of nitrogens with zero attached hydrogens (tertiary/aromatic N) is 1. The standard InChI is InChI=1S/C23H20N2O3S/c1-27-21-14-16(13-18(15-24)23(25)26)9-10-20(21)28-11-12-29-22-8-4-6-17-5-2-3-7-19(17)22/h2-10,13-14H,11-12H2,1H3,(H2,25,26)/b18-13+. The average Bonchev–Trinajstić information content (AvgIpc) is 2.75. The number of fused-ring (bicyclic) bond motifs is 1. The molecule has 146 valence electrons. The van der Waals surface area contributed by atoms with Crippen molar-refractivity contribution in [2.45, 2.75) is 4.90 Å². The summed E-state index contributed by atoms with van der Waals surface area (Å²) in [6, 6.07) is 21.6. The molecule has 0 atom stereocenters. The Morgan fingerprint density at radius 1 is 1.14 bits per heavy atom. The lowest BCUT2D eigenvalue weighted by atomic mass is 10.1. The molecule has 6 heteroatoms. The van der Waals surface area contributed by atoms with Crippen molar-refractivity contribution in [1.82, 2.24) is 0 Å². The summed E-state index contributed by atoms with van der Waals surface area (Å²) in [6.07, 6.45) is 1.42. The van der Waals surface area contributed by atoms with Crippen LogP contribution in [0.4, 0.5) is 0 Å². The molecule has 0 aliphatic carbocycles. The number of hydrogen-bond acceptors (Lipinski definition) is 5. The van der Waals surface area contributed by atoms with Crippen LogP contribution in [0.25, 0.3) is 16.8 Å². The summed E-state index contributed by atoms with van der Waals surface area (Å²) < 4.78 is 11.2. The van der Waals surface area contributed by atoms with Crippen molar-refractivity contribution in [2.75, 3.05) is 19.5 Å². The van der Waals surface area contributed by atoms with Gasteiger partial charge in [0.1, 0.15) is 11.6 Å². The number of amides is 1. The molecule has 0 aromatic heterocycles. The van der Waals surface area contributed by atoms with Crippen LogP contribution in [0.1, 0.15) is 5.56 Å². The highest BCUT2D eigenvalue weighted by molar-refractivity contribution is 7.99. The number of carbonyl (C=O) groups is 1. The topological polar surface area (TPSA) is 85.3 Å². The van der Waals surface area contributed by atoms with Gasteiger partial charge in [-0.3, -0.25) is 4.79 Å². The fraction of sp³-hybridized carbons (Fsp3) is 0.130. The van der Waals surface area contributed by atoms with E-state index in [1.165, 1.54) is 21.7 Å². The summed E-state index contributed by atoms with van der Waals surface area (Å²) in [5.41, 5.74) is 5.69. The second-order valence-electron chi connectivity index (χ2n) is 6.12. The van der Waals surface area contributed by atoms with Crippen molar-refractivity contribution in [1.29, 1.82) is 5.26 Å². The summed E-state index contributed by atoms with van der Waals surface area (Å²) in [6.45, 7) is 0.504. The number of primary amides is 1. The van der Waals surface area contributed by atoms with Gasteiger partial charge in [0, 0.05) is 10.6 Å². The zero-order chi connectivity index (χ0) is 20.6. The first-order chi connectivity index (χ1) is 14.1. The first-order valence-corrected chi connectivity index (χ1v) is 9.94. The van der Waals surface area contributed by atoms with Crippen LogP contribution in [0, 0.1) is 11.3 Å². The number of rotatable bonds is 8. The summed E-state index contributed by atoms with van der Waals surface area (Å²) in [4.78, 5) is 12.4. The van der Waals surface area contributed by atoms with E-state index in [1.807, 2.05) is 12.1 Å². The summed E-state index contributed by atoms with van der Waals surface area (Å²) >= 11 is 1.74. The van der Waals surface area contributed by atoms with E-state index in [2.05, 4.69) is 30.3 Å². The zero-order valence-electron chi connectivity index (χ0n) is 15.9. The van der Waals surface area contributed by atoms with Crippen LogP contribution in [0.2, 0.25) is 0 Å². The molecule has 0 spiro atoms. The highest BCUT2D eigenvalue weighted by atomic mass is 32.2. The van der Waals surface area contributed by atoms with Gasteiger partial charge in [-0.25, -0.2) is 0 Å². The van der Waals surface area contributed by atoms with Gasteiger partial charge in [0.05, 0.1) is 13.7 Å². The Morgan fingerprint density at radius 2 is 1.93 bits per heavy atom. The maximum absolute atomic E-state index is 11.2. The van der Waals surface area contributed by atoms with Crippen LogP contribution in [0.15, 0.2) is 71.1 Å². The lowest BCUT2D eigenvalue weighted by Crippen LogP contribution is -2.12. The third-order valence-electron chi connectivity index (χ3n) is 4.23. The van der Waals surface area contributed by atoms with E-state index in [0.29, 0.717) is 23.7 Å². The number of ether oxygens (including phenoxy) is 2. The van der Waals surface area contributed by atoms with Crippen molar-refractivity contribution in [2.24, 2.45) is 5.73 Å². The fourth-order valence-corrected chi connectivity index (χ4v) is 3.75. The van der Waals surface area contributed by atoms with Crippen molar-refractivity contribution in [3.8, 4) is 17.6 Å². The van der Waals surface area contributed by atoms with Gasteiger partial charge in [0.2, 0.25) is 0 Å². The van der Waals surface area contributed by atoms with Crippen molar-refractivity contribution in [3.63, 3.8) is 0 Å². The van der Waals surface area contributed by atoms with Crippen LogP contribution < -0.4 is 15.2 Å². The van der Waals surface area contributed by atoms with Gasteiger partial charge in [-0.2, -0.15) is 5.26 Å². The Labute approximate surface area is 173 Å². The fourth-order valence-electron chi connectivity index (χ4n) is 2.84. The zero-order valence-corrected chi connectivity index (χ0v) is 16.7. The maximum atomic E-state index is 11.2. The molecular formula is C23H20N2O3S. The quantitative estimate of drug-likeness (QED) is 0.260. The molecule has 3 rings (SSSR count). The highest BCUT2D eigenvalue weighted by Gasteiger charge is 2.08. The second kappa shape index (κ2) is 9.67. The first kappa shape index (κ1) is 20.3. The Balaban J connectivity index is 1.65. The van der Waals surface area contributed by atoms with Gasteiger partial charge in [-0.1, -0.05) is 42.5 Å². The minimum atomic E-state index is -0.766. The molecule has 0 bridgehead atoms. The molecule has 5 nitrogen and oxygen atoms in total. The minimum Gasteiger partial charge on any atom is -0.493 e. The van der Waals surface area contributed by atoms with Gasteiger partial charge in [0.15, 0.2) is 11.5 Å². The Morgan fingerprint density at radius 3 is 2.69 bits per heavy atom. The lowest BCUT2D eigenvalue weighted by molar-refractivity contribution is -0.114. The Hall–Kier alpha value is -3.43. The number of carbonyl (C=O) groups excluding carboxylic acids is 1. The molecule has 0 fully saturated rings. The molecule has 29 heavy (non-hydrogen) atoms. The lowest BCUT2D eigenvalue weighted by Gasteiger charge is -2.12. The van der Waals surface area contributed by atoms with Gasteiger partial charge < -0.3 is 15.2 Å². The molecule has 3 aromatic rings. The molecule has 0 saturated heterocycles. The van der Waals surface area contributed by atoms with Crippen molar-refractivity contribution < 1.29 is 14.3 Å². The molecule has 0 saturated carbocycles. The van der Waals surface area contributed by atoms with Gasteiger partial charge in [-0.15, -0.1) is 11.8 Å². The van der Waals surface area contributed by atoms with Gasteiger partial charge in [0.25, 0.3) is 5.91 Å². The first-order valence-electron chi connectivity index (χ1n) is 8.95. The molecule has 0 unspecified atom stereocenters. The van der Waals surface area contributed by atoms with Crippen LogP contribution >= 0.6 is 11.8 Å². The van der Waals surface area contributed by atoms with E-state index < -0.39 is 5.91 Å². The predicted molar refractivity (Wildman–Crippen MR) is 116 cm³/mol. The van der Waals surface area contributed by atoms with Crippen LogP contribution in [0.3, 0.4) is 0 Å². The molecule has 2 N–H and O–H groups in total. The monoisotopic (exact) mass is 404 g/mol. The second-order valence-corrected chi connectivity index (χ2v) is 7.26. The number of nitrogens with two attached hydrogens (primary N) is 1. The molecule has 0 aliphatic heterocycles.